The third-order valence-electron chi connectivity index (χ3n) is 6.69. The molecule has 4 aromatic rings. The Morgan fingerprint density at radius 2 is 1.81 bits per heavy atom. The van der Waals surface area contributed by atoms with Gasteiger partial charge < -0.3 is 20.3 Å². The van der Waals surface area contributed by atoms with Gasteiger partial charge in [-0.2, -0.15) is 18.4 Å². The molecule has 0 saturated carbocycles. The minimum Gasteiger partial charge on any atom is -0.508 e. The Bertz CT molecular complexity index is 1600. The summed E-state index contributed by atoms with van der Waals surface area (Å²) in [5.74, 6) is -0.278. The van der Waals surface area contributed by atoms with E-state index >= 15 is 0 Å². The van der Waals surface area contributed by atoms with Crippen molar-refractivity contribution in [2.75, 3.05) is 11.9 Å². The number of rotatable bonds is 10. The Morgan fingerprint density at radius 3 is 2.49 bits per heavy atom. The van der Waals surface area contributed by atoms with Crippen molar-refractivity contribution < 1.29 is 23.1 Å². The zero-order chi connectivity index (χ0) is 31.0. The molecule has 0 spiro atoms. The number of phenols is 1. The molecule has 222 valence electrons. The Labute approximate surface area is 252 Å². The number of nitriles is 1. The SMILES string of the molecule is C[C@@H](CNCc1ccccc1C(F)(F)F)N(C(=O)Cc1cncn1Cc1ccc(C#N)cc1)C(=S)Nc1ccc(O)cc1. The molecular formula is C31H29F3N6O2S. The normalized spacial score (nSPS) is 11.9. The summed E-state index contributed by atoms with van der Waals surface area (Å²) >= 11 is 5.62. The van der Waals surface area contributed by atoms with E-state index in [-0.39, 0.29) is 41.8 Å². The summed E-state index contributed by atoms with van der Waals surface area (Å²) in [6.45, 7) is 2.27. The molecule has 1 atom stereocenters. The van der Waals surface area contributed by atoms with Gasteiger partial charge >= 0.3 is 6.18 Å². The van der Waals surface area contributed by atoms with Crippen molar-refractivity contribution >= 4 is 28.9 Å². The molecule has 8 nitrogen and oxygen atoms in total. The van der Waals surface area contributed by atoms with Crippen LogP contribution in [-0.2, 0) is 30.5 Å². The molecule has 0 fully saturated rings. The van der Waals surface area contributed by atoms with Gasteiger partial charge in [0.15, 0.2) is 5.11 Å². The van der Waals surface area contributed by atoms with Crippen LogP contribution in [0.5, 0.6) is 5.75 Å². The average Bonchev–Trinajstić information content (AvgIpc) is 3.40. The zero-order valence-corrected chi connectivity index (χ0v) is 24.0. The number of hydrogen-bond donors (Lipinski definition) is 3. The number of imidazole rings is 1. The number of halogens is 3. The predicted molar refractivity (Wildman–Crippen MR) is 160 cm³/mol. The van der Waals surface area contributed by atoms with Gasteiger partial charge in [0.25, 0.3) is 0 Å². The summed E-state index contributed by atoms with van der Waals surface area (Å²) in [4.78, 5) is 19.3. The Morgan fingerprint density at radius 1 is 1.12 bits per heavy atom. The maximum absolute atomic E-state index is 13.7. The van der Waals surface area contributed by atoms with Gasteiger partial charge in [-0.3, -0.25) is 9.69 Å². The van der Waals surface area contributed by atoms with E-state index in [1.54, 1.807) is 49.8 Å². The number of amides is 1. The number of nitrogens with one attached hydrogen (secondary N) is 2. The van der Waals surface area contributed by atoms with Gasteiger partial charge in [-0.15, -0.1) is 0 Å². The number of carbonyl (C=O) groups excluding carboxylic acids is 1. The molecule has 3 aromatic carbocycles. The topological polar surface area (TPSA) is 106 Å². The maximum Gasteiger partial charge on any atom is 0.416 e. The minimum atomic E-state index is -4.48. The molecule has 0 aliphatic carbocycles. The van der Waals surface area contributed by atoms with Crippen LogP contribution < -0.4 is 10.6 Å². The molecule has 3 N–H and O–H groups in total. The van der Waals surface area contributed by atoms with E-state index < -0.39 is 17.8 Å². The third-order valence-corrected chi connectivity index (χ3v) is 6.99. The quantitative estimate of drug-likeness (QED) is 0.162. The van der Waals surface area contributed by atoms with Gasteiger partial charge in [-0.05, 0) is 72.7 Å². The summed E-state index contributed by atoms with van der Waals surface area (Å²) in [5.41, 5.74) is 2.01. The van der Waals surface area contributed by atoms with Gasteiger partial charge in [-0.25, -0.2) is 4.98 Å². The lowest BCUT2D eigenvalue weighted by atomic mass is 10.1. The van der Waals surface area contributed by atoms with E-state index in [1.165, 1.54) is 29.2 Å². The molecule has 43 heavy (non-hydrogen) atoms. The van der Waals surface area contributed by atoms with Crippen molar-refractivity contribution in [2.24, 2.45) is 0 Å². The Balaban J connectivity index is 1.50. The molecule has 0 aliphatic rings. The molecule has 1 aromatic heterocycles. The largest absolute Gasteiger partial charge is 0.508 e. The fourth-order valence-electron chi connectivity index (χ4n) is 4.50. The van der Waals surface area contributed by atoms with Gasteiger partial charge in [-0.1, -0.05) is 30.3 Å². The van der Waals surface area contributed by atoms with Crippen molar-refractivity contribution in [3.63, 3.8) is 0 Å². The first kappa shape index (κ1) is 31.2. The van der Waals surface area contributed by atoms with Gasteiger partial charge in [0.05, 0.1) is 29.9 Å². The first-order valence-corrected chi connectivity index (χ1v) is 13.7. The number of hydrogen-bond acceptors (Lipinski definition) is 6. The van der Waals surface area contributed by atoms with Crippen LogP contribution in [0, 0.1) is 11.3 Å². The molecule has 0 bridgehead atoms. The second kappa shape index (κ2) is 14.0. The van der Waals surface area contributed by atoms with Gasteiger partial charge in [0.2, 0.25) is 5.91 Å². The molecule has 1 amide bonds. The third kappa shape index (κ3) is 8.41. The lowest BCUT2D eigenvalue weighted by Gasteiger charge is -2.30. The Kier molecular flexibility index (Phi) is 10.1. The second-order valence-electron chi connectivity index (χ2n) is 9.87. The molecule has 0 unspecified atom stereocenters. The van der Waals surface area contributed by atoms with Crippen LogP contribution in [0.25, 0.3) is 0 Å². The molecule has 0 aliphatic heterocycles. The highest BCUT2D eigenvalue weighted by atomic mass is 32.1. The number of thiocarbonyl (C=S) groups is 1. The summed E-state index contributed by atoms with van der Waals surface area (Å²) < 4.78 is 42.2. The second-order valence-corrected chi connectivity index (χ2v) is 10.3. The average molecular weight is 607 g/mol. The zero-order valence-electron chi connectivity index (χ0n) is 23.2. The lowest BCUT2D eigenvalue weighted by Crippen LogP contribution is -2.50. The summed E-state index contributed by atoms with van der Waals surface area (Å²) in [7, 11) is 0. The van der Waals surface area contributed by atoms with Crippen LogP contribution >= 0.6 is 12.2 Å². The van der Waals surface area contributed by atoms with Crippen LogP contribution in [0.1, 0.15) is 34.9 Å². The molecular weight excluding hydrogens is 577 g/mol. The molecule has 4 rings (SSSR count). The highest BCUT2D eigenvalue weighted by Gasteiger charge is 2.33. The number of aromatic nitrogens is 2. The maximum atomic E-state index is 13.7. The fraction of sp³-hybridized carbons (Fsp3) is 0.226. The summed E-state index contributed by atoms with van der Waals surface area (Å²) in [6, 6.07) is 20.1. The van der Waals surface area contributed by atoms with Crippen LogP contribution in [0.4, 0.5) is 18.9 Å². The molecule has 12 heteroatoms. The van der Waals surface area contributed by atoms with E-state index in [2.05, 4.69) is 21.7 Å². The van der Waals surface area contributed by atoms with E-state index in [4.69, 9.17) is 17.5 Å². The summed E-state index contributed by atoms with van der Waals surface area (Å²) in [6.07, 6.45) is -1.33. The number of alkyl halides is 3. The van der Waals surface area contributed by atoms with Crippen molar-refractivity contribution in [2.45, 2.75) is 38.7 Å². The smallest absolute Gasteiger partial charge is 0.416 e. The van der Waals surface area contributed by atoms with E-state index in [0.29, 0.717) is 23.5 Å². The van der Waals surface area contributed by atoms with Crippen molar-refractivity contribution in [1.29, 1.82) is 5.26 Å². The van der Waals surface area contributed by atoms with Crippen LogP contribution in [0.15, 0.2) is 85.3 Å². The van der Waals surface area contributed by atoms with Crippen LogP contribution in [-0.4, -0.2) is 43.2 Å². The van der Waals surface area contributed by atoms with Gasteiger partial charge in [0, 0.05) is 43.3 Å². The molecule has 0 radical (unpaired) electrons. The van der Waals surface area contributed by atoms with Crippen LogP contribution in [0.3, 0.4) is 0 Å². The first-order chi connectivity index (χ1) is 20.5. The van der Waals surface area contributed by atoms with E-state index in [0.717, 1.165) is 11.6 Å². The van der Waals surface area contributed by atoms with Crippen molar-refractivity contribution in [3.05, 3.63) is 113 Å². The van der Waals surface area contributed by atoms with Crippen molar-refractivity contribution in [1.82, 2.24) is 19.8 Å². The lowest BCUT2D eigenvalue weighted by molar-refractivity contribution is -0.138. The standard InChI is InChI=1S/C31H29F3N6O2S/c1-21(16-36-17-24-4-2-3-5-28(24)31(32,33)34)40(30(43)38-25-10-12-27(41)13-11-25)29(42)14-26-18-37-20-39(26)19-23-8-6-22(15-35)7-9-23/h2-13,18,20-21,36,41H,14,16-17,19H2,1H3,(H,38,43)/t21-/m0/s1. The van der Waals surface area contributed by atoms with E-state index in [1.807, 2.05) is 16.7 Å². The van der Waals surface area contributed by atoms with Crippen molar-refractivity contribution in [3.8, 4) is 11.8 Å². The number of nitrogens with zero attached hydrogens (tertiary/aromatic N) is 4. The number of phenolic OH excluding ortho intramolecular Hbond substituents is 1. The molecule has 0 saturated heterocycles. The van der Waals surface area contributed by atoms with Crippen LogP contribution in [0.2, 0.25) is 0 Å². The minimum absolute atomic E-state index is 0.0467. The number of anilines is 1. The highest BCUT2D eigenvalue weighted by molar-refractivity contribution is 7.80. The highest BCUT2D eigenvalue weighted by Crippen LogP contribution is 2.31. The predicted octanol–water partition coefficient (Wildman–Crippen LogP) is 5.47. The number of carbonyl (C=O) groups is 1. The monoisotopic (exact) mass is 606 g/mol. The molecule has 1 heterocycles. The first-order valence-electron chi connectivity index (χ1n) is 13.3. The van der Waals surface area contributed by atoms with E-state index in [9.17, 15) is 23.1 Å². The summed E-state index contributed by atoms with van der Waals surface area (Å²) in [5, 5.41) is 24.8. The fourth-order valence-corrected chi connectivity index (χ4v) is 4.90. The number of benzene rings is 3. The Hall–Kier alpha value is -4.73. The number of aromatic hydroxyl groups is 1. The van der Waals surface area contributed by atoms with Gasteiger partial charge in [0.1, 0.15) is 5.75 Å².